The highest BCUT2D eigenvalue weighted by atomic mass is 15.3. The van der Waals surface area contributed by atoms with Crippen LogP contribution in [0.15, 0.2) is 17.3 Å². The van der Waals surface area contributed by atoms with Gasteiger partial charge in [0.15, 0.2) is 0 Å². The normalized spacial score (nSPS) is 26.7. The maximum absolute atomic E-state index is 4.01. The largest absolute Gasteiger partial charge is 0.307 e. The van der Waals surface area contributed by atoms with E-state index in [1.54, 1.807) is 0 Å². The summed E-state index contributed by atoms with van der Waals surface area (Å²) in [6, 6.07) is 0.620. The van der Waals surface area contributed by atoms with Crippen molar-refractivity contribution in [2.45, 2.75) is 39.2 Å². The Kier molecular flexibility index (Phi) is 3.85. The average Bonchev–Trinajstić information content (AvgIpc) is 2.80. The summed E-state index contributed by atoms with van der Waals surface area (Å²) >= 11 is 0. The molecule has 0 spiro atoms. The summed E-state index contributed by atoms with van der Waals surface area (Å²) in [5, 5.41) is 4.01. The molecule has 0 saturated carbocycles. The van der Waals surface area contributed by atoms with Crippen molar-refractivity contribution in [3.8, 4) is 0 Å². The van der Waals surface area contributed by atoms with Gasteiger partial charge in [0.25, 0.3) is 0 Å². The van der Waals surface area contributed by atoms with Crippen LogP contribution in [0.1, 0.15) is 33.1 Å². The summed E-state index contributed by atoms with van der Waals surface area (Å²) in [6.45, 7) is 4.00. The number of hydrogen-bond acceptors (Lipinski definition) is 2. The smallest absolute Gasteiger partial charge is 0.0524 e. The molecular formula is C10H18N2. The third-order valence-electron chi connectivity index (χ3n) is 2.30. The molecule has 0 aromatic heterocycles. The lowest BCUT2D eigenvalue weighted by molar-refractivity contribution is 0.403. The summed E-state index contributed by atoms with van der Waals surface area (Å²) in [5.41, 5.74) is 3.13. The van der Waals surface area contributed by atoms with Gasteiger partial charge in [0.2, 0.25) is 0 Å². The van der Waals surface area contributed by atoms with E-state index in [1.807, 2.05) is 20.1 Å². The monoisotopic (exact) mass is 166 g/mol. The van der Waals surface area contributed by atoms with E-state index in [1.165, 1.54) is 12.8 Å². The Hall–Kier alpha value is -0.790. The van der Waals surface area contributed by atoms with Gasteiger partial charge in [-0.15, -0.1) is 0 Å². The van der Waals surface area contributed by atoms with Crippen molar-refractivity contribution in [1.82, 2.24) is 5.43 Å². The first-order chi connectivity index (χ1) is 5.97. The molecule has 2 nitrogen and oxygen atoms in total. The molecule has 2 heteroatoms. The minimum atomic E-state index is 0.620. The average molecular weight is 166 g/mol. The molecule has 2 aliphatic rings. The van der Waals surface area contributed by atoms with E-state index in [-0.39, 0.29) is 0 Å². The highest BCUT2D eigenvalue weighted by Crippen LogP contribution is 2.24. The van der Waals surface area contributed by atoms with Gasteiger partial charge in [-0.1, -0.05) is 26.0 Å². The fourth-order valence-corrected chi connectivity index (χ4v) is 1.63. The van der Waals surface area contributed by atoms with Gasteiger partial charge in [-0.25, -0.2) is 0 Å². The number of hydrogen-bond donors (Lipinski definition) is 1. The van der Waals surface area contributed by atoms with E-state index in [9.17, 15) is 0 Å². The molecular weight excluding hydrogens is 148 g/mol. The third-order valence-corrected chi connectivity index (χ3v) is 2.30. The van der Waals surface area contributed by atoms with Crippen LogP contribution in [0, 0.1) is 5.92 Å². The van der Waals surface area contributed by atoms with Crippen LogP contribution in [0.25, 0.3) is 0 Å². The molecule has 0 saturated heterocycles. The second-order valence-corrected chi connectivity index (χ2v) is 2.99. The van der Waals surface area contributed by atoms with Gasteiger partial charge in [-0.05, 0) is 18.8 Å². The molecule has 0 aromatic rings. The summed E-state index contributed by atoms with van der Waals surface area (Å²) < 4.78 is 0. The van der Waals surface area contributed by atoms with Crippen LogP contribution in [0.2, 0.25) is 0 Å². The summed E-state index contributed by atoms with van der Waals surface area (Å²) in [6.07, 6.45) is 10.1. The van der Waals surface area contributed by atoms with Crippen LogP contribution < -0.4 is 5.43 Å². The Labute approximate surface area is 74.7 Å². The number of nitrogens with one attached hydrogen (secondary N) is 1. The fraction of sp³-hybridized carbons (Fsp3) is 0.700. The van der Waals surface area contributed by atoms with Crippen molar-refractivity contribution < 1.29 is 0 Å². The summed E-state index contributed by atoms with van der Waals surface area (Å²) in [4.78, 5) is 0. The molecule has 1 aliphatic carbocycles. The Morgan fingerprint density at radius 1 is 1.17 bits per heavy atom. The highest BCUT2D eigenvalue weighted by molar-refractivity contribution is 5.59. The van der Waals surface area contributed by atoms with Crippen molar-refractivity contribution in [2.24, 2.45) is 11.0 Å². The first-order valence-corrected chi connectivity index (χ1v) is 4.89. The lowest BCUT2D eigenvalue weighted by Crippen LogP contribution is -2.27. The first-order valence-electron chi connectivity index (χ1n) is 4.89. The Balaban J connectivity index is 0.000000336. The first kappa shape index (κ1) is 9.30. The Bertz CT molecular complexity index is 137. The Morgan fingerprint density at radius 2 is 1.83 bits per heavy atom. The molecule has 0 fully saturated rings. The van der Waals surface area contributed by atoms with E-state index < -0.39 is 0 Å². The zero-order valence-electron chi connectivity index (χ0n) is 7.96. The van der Waals surface area contributed by atoms with E-state index >= 15 is 0 Å². The van der Waals surface area contributed by atoms with Crippen molar-refractivity contribution >= 4 is 6.21 Å². The summed E-state index contributed by atoms with van der Waals surface area (Å²) in [5.74, 6) is 0.808. The lowest BCUT2D eigenvalue weighted by Gasteiger charge is -2.16. The van der Waals surface area contributed by atoms with Crippen LogP contribution in [0.4, 0.5) is 0 Å². The zero-order valence-corrected chi connectivity index (χ0v) is 7.96. The van der Waals surface area contributed by atoms with E-state index in [0.717, 1.165) is 12.3 Å². The van der Waals surface area contributed by atoms with E-state index in [0.29, 0.717) is 6.04 Å². The fourth-order valence-electron chi connectivity index (χ4n) is 1.63. The predicted molar refractivity (Wildman–Crippen MR) is 53.2 cm³/mol. The molecule has 68 valence electrons. The summed E-state index contributed by atoms with van der Waals surface area (Å²) in [7, 11) is 0. The minimum Gasteiger partial charge on any atom is -0.307 e. The second kappa shape index (κ2) is 4.96. The molecule has 1 aliphatic heterocycles. The number of nitrogens with zero attached hydrogens (tertiary/aromatic N) is 1. The van der Waals surface area contributed by atoms with Gasteiger partial charge in [-0.3, -0.25) is 0 Å². The third kappa shape index (κ3) is 2.10. The van der Waals surface area contributed by atoms with Crippen LogP contribution in [0.5, 0.6) is 0 Å². The van der Waals surface area contributed by atoms with E-state index in [2.05, 4.69) is 22.7 Å². The van der Waals surface area contributed by atoms with E-state index in [4.69, 9.17) is 0 Å². The maximum atomic E-state index is 4.01. The van der Waals surface area contributed by atoms with Crippen molar-refractivity contribution in [3.05, 3.63) is 12.2 Å². The van der Waals surface area contributed by atoms with Gasteiger partial charge in [0.05, 0.1) is 6.04 Å². The van der Waals surface area contributed by atoms with Crippen molar-refractivity contribution in [2.75, 3.05) is 0 Å². The molecule has 1 atom stereocenters. The van der Waals surface area contributed by atoms with Gasteiger partial charge < -0.3 is 5.43 Å². The zero-order chi connectivity index (χ0) is 8.81. The second-order valence-electron chi connectivity index (χ2n) is 2.99. The molecule has 1 N–H and O–H groups in total. The number of allylic oxidation sites excluding steroid dienone is 2. The molecule has 0 aromatic carbocycles. The quantitative estimate of drug-likeness (QED) is 0.594. The number of rotatable bonds is 1. The number of hydrazone groups is 1. The van der Waals surface area contributed by atoms with Crippen LogP contribution >= 0.6 is 0 Å². The molecule has 0 radical (unpaired) electrons. The maximum Gasteiger partial charge on any atom is 0.0524 e. The van der Waals surface area contributed by atoms with Crippen molar-refractivity contribution in [1.29, 1.82) is 0 Å². The Morgan fingerprint density at radius 3 is 2.33 bits per heavy atom. The SMILES string of the molecule is C1=CCC(C2CC=NN2)C1.CC. The van der Waals surface area contributed by atoms with Gasteiger partial charge in [0.1, 0.15) is 0 Å². The highest BCUT2D eigenvalue weighted by Gasteiger charge is 2.22. The minimum absolute atomic E-state index is 0.620. The lowest BCUT2D eigenvalue weighted by atomic mass is 9.96. The van der Waals surface area contributed by atoms with Crippen LogP contribution in [-0.2, 0) is 0 Å². The molecule has 1 heterocycles. The molecule has 1 unspecified atom stereocenters. The molecule has 0 amide bonds. The predicted octanol–water partition coefficient (Wildman–Crippen LogP) is 2.33. The van der Waals surface area contributed by atoms with Gasteiger partial charge in [0, 0.05) is 12.6 Å². The van der Waals surface area contributed by atoms with Crippen LogP contribution in [-0.4, -0.2) is 12.3 Å². The topological polar surface area (TPSA) is 24.4 Å². The molecule has 12 heavy (non-hydrogen) atoms. The molecule has 0 bridgehead atoms. The van der Waals surface area contributed by atoms with Crippen LogP contribution in [0.3, 0.4) is 0 Å². The van der Waals surface area contributed by atoms with Gasteiger partial charge in [-0.2, -0.15) is 5.10 Å². The standard InChI is InChI=1S/C8H12N2.C2H6/c1-2-4-7(3-1)8-5-6-9-10-8;1-2/h1-2,6-8,10H,3-5H2;1-2H3. The van der Waals surface area contributed by atoms with Gasteiger partial charge >= 0.3 is 0 Å². The van der Waals surface area contributed by atoms with Crippen molar-refractivity contribution in [3.63, 3.8) is 0 Å². The molecule has 2 rings (SSSR count).